The molecule has 1 aromatic rings. The fourth-order valence-corrected chi connectivity index (χ4v) is 2.90. The van der Waals surface area contributed by atoms with Gasteiger partial charge in [-0.25, -0.2) is 0 Å². The average molecular weight is 307 g/mol. The Labute approximate surface area is 131 Å². The molecule has 1 N–H and O–H groups in total. The Balaban J connectivity index is 1.85. The summed E-state index contributed by atoms with van der Waals surface area (Å²) in [5.41, 5.74) is -0.122. The van der Waals surface area contributed by atoms with Crippen molar-refractivity contribution in [2.45, 2.75) is 46.6 Å². The number of hydrogen-bond acceptors (Lipinski definition) is 4. The van der Waals surface area contributed by atoms with Crippen LogP contribution in [0.4, 0.5) is 0 Å². The van der Waals surface area contributed by atoms with Crippen LogP contribution in [0.15, 0.2) is 18.2 Å². The first-order valence-electron chi connectivity index (χ1n) is 7.48. The van der Waals surface area contributed by atoms with Crippen LogP contribution in [0, 0.1) is 5.41 Å². The first kappa shape index (κ1) is 16.5. The number of hydrogen-bond donors (Lipinski definition) is 1. The van der Waals surface area contributed by atoms with Gasteiger partial charge < -0.3 is 19.5 Å². The highest BCUT2D eigenvalue weighted by molar-refractivity contribution is 5.78. The van der Waals surface area contributed by atoms with E-state index in [1.54, 1.807) is 18.2 Å². The van der Waals surface area contributed by atoms with Gasteiger partial charge in [-0.1, -0.05) is 20.8 Å². The van der Waals surface area contributed by atoms with E-state index in [2.05, 4.69) is 26.1 Å². The lowest BCUT2D eigenvalue weighted by molar-refractivity contribution is -0.125. The molecule has 0 aromatic heterocycles. The van der Waals surface area contributed by atoms with Crippen LogP contribution in [0.25, 0.3) is 0 Å². The maximum Gasteiger partial charge on any atom is 0.258 e. The first-order chi connectivity index (χ1) is 10.1. The van der Waals surface area contributed by atoms with Crippen LogP contribution in [-0.2, 0) is 4.79 Å². The Morgan fingerprint density at radius 2 is 1.86 bits per heavy atom. The summed E-state index contributed by atoms with van der Waals surface area (Å²) in [6.07, 6.45) is 0.885. The second kappa shape index (κ2) is 6.07. The molecule has 0 radical (unpaired) electrons. The zero-order valence-electron chi connectivity index (χ0n) is 14.0. The van der Waals surface area contributed by atoms with Crippen LogP contribution in [0.5, 0.6) is 17.2 Å². The quantitative estimate of drug-likeness (QED) is 0.908. The fourth-order valence-electron chi connectivity index (χ4n) is 2.90. The zero-order chi connectivity index (χ0) is 16.4. The SMILES string of the molecule is CC(C)(C)CC(C)(C)NC(=O)COc1ccc2c(c1)OCO2. The highest BCUT2D eigenvalue weighted by Crippen LogP contribution is 2.35. The Morgan fingerprint density at radius 1 is 1.18 bits per heavy atom. The highest BCUT2D eigenvalue weighted by Gasteiger charge is 2.27. The van der Waals surface area contributed by atoms with Crippen molar-refractivity contribution in [2.75, 3.05) is 13.4 Å². The van der Waals surface area contributed by atoms with Crippen molar-refractivity contribution in [1.29, 1.82) is 0 Å². The van der Waals surface area contributed by atoms with Gasteiger partial charge in [0.15, 0.2) is 18.1 Å². The number of carbonyl (C=O) groups is 1. The summed E-state index contributed by atoms with van der Waals surface area (Å²) in [6, 6.07) is 5.27. The van der Waals surface area contributed by atoms with Crippen molar-refractivity contribution in [3.05, 3.63) is 18.2 Å². The number of benzene rings is 1. The molecule has 0 saturated carbocycles. The van der Waals surface area contributed by atoms with Crippen molar-refractivity contribution in [3.63, 3.8) is 0 Å². The number of ether oxygens (including phenoxy) is 3. The monoisotopic (exact) mass is 307 g/mol. The van der Waals surface area contributed by atoms with E-state index in [1.807, 2.05) is 13.8 Å². The van der Waals surface area contributed by atoms with Gasteiger partial charge in [0.05, 0.1) is 0 Å². The largest absolute Gasteiger partial charge is 0.484 e. The lowest BCUT2D eigenvalue weighted by Gasteiger charge is -2.33. The van der Waals surface area contributed by atoms with E-state index < -0.39 is 0 Å². The van der Waals surface area contributed by atoms with Gasteiger partial charge in [0.1, 0.15) is 5.75 Å². The van der Waals surface area contributed by atoms with Gasteiger partial charge in [-0.15, -0.1) is 0 Å². The summed E-state index contributed by atoms with van der Waals surface area (Å²) in [6.45, 7) is 10.7. The molecule has 0 fully saturated rings. The summed E-state index contributed by atoms with van der Waals surface area (Å²) in [5, 5.41) is 3.02. The minimum Gasteiger partial charge on any atom is -0.484 e. The van der Waals surface area contributed by atoms with Crippen LogP contribution in [0.2, 0.25) is 0 Å². The van der Waals surface area contributed by atoms with Gasteiger partial charge >= 0.3 is 0 Å². The van der Waals surface area contributed by atoms with Gasteiger partial charge in [0.2, 0.25) is 6.79 Å². The predicted octanol–water partition coefficient (Wildman–Crippen LogP) is 3.13. The van der Waals surface area contributed by atoms with Crippen molar-refractivity contribution >= 4 is 5.91 Å². The van der Waals surface area contributed by atoms with Crippen molar-refractivity contribution in [2.24, 2.45) is 5.41 Å². The molecule has 22 heavy (non-hydrogen) atoms. The smallest absolute Gasteiger partial charge is 0.258 e. The number of rotatable bonds is 5. The molecule has 1 aliphatic heterocycles. The molecule has 1 amide bonds. The topological polar surface area (TPSA) is 56.8 Å². The van der Waals surface area contributed by atoms with E-state index in [4.69, 9.17) is 14.2 Å². The minimum absolute atomic E-state index is 0.0206. The summed E-state index contributed by atoms with van der Waals surface area (Å²) in [4.78, 5) is 12.1. The van der Waals surface area contributed by atoms with E-state index in [0.29, 0.717) is 17.2 Å². The second-order valence-corrected chi connectivity index (χ2v) is 7.47. The second-order valence-electron chi connectivity index (χ2n) is 7.47. The third-order valence-corrected chi connectivity index (χ3v) is 3.16. The van der Waals surface area contributed by atoms with Crippen LogP contribution in [0.3, 0.4) is 0 Å². The number of nitrogens with one attached hydrogen (secondary N) is 1. The normalized spacial score (nSPS) is 13.9. The van der Waals surface area contributed by atoms with Gasteiger partial charge in [0.25, 0.3) is 5.91 Å². The molecule has 1 aliphatic rings. The third-order valence-electron chi connectivity index (χ3n) is 3.16. The van der Waals surface area contributed by atoms with Crippen molar-refractivity contribution in [3.8, 4) is 17.2 Å². The number of carbonyl (C=O) groups excluding carboxylic acids is 1. The molecule has 5 heteroatoms. The molecule has 0 unspecified atom stereocenters. The molecule has 0 spiro atoms. The fraction of sp³-hybridized carbons (Fsp3) is 0.588. The van der Waals surface area contributed by atoms with Crippen LogP contribution in [0.1, 0.15) is 41.0 Å². The molecule has 0 saturated heterocycles. The molecule has 0 aliphatic carbocycles. The third kappa shape index (κ3) is 4.83. The molecule has 0 bridgehead atoms. The van der Waals surface area contributed by atoms with Crippen LogP contribution in [-0.4, -0.2) is 24.8 Å². The summed E-state index contributed by atoms with van der Waals surface area (Å²) in [7, 11) is 0. The highest BCUT2D eigenvalue weighted by atomic mass is 16.7. The molecule has 5 nitrogen and oxygen atoms in total. The molecule has 1 heterocycles. The maximum absolute atomic E-state index is 12.1. The minimum atomic E-state index is -0.270. The van der Waals surface area contributed by atoms with Crippen LogP contribution < -0.4 is 19.5 Å². The molecular weight excluding hydrogens is 282 g/mol. The number of fused-ring (bicyclic) bond motifs is 1. The average Bonchev–Trinajstić information content (AvgIpc) is 2.79. The molecule has 1 aromatic carbocycles. The Bertz CT molecular complexity index is 546. The molecule has 122 valence electrons. The van der Waals surface area contributed by atoms with E-state index in [-0.39, 0.29) is 30.3 Å². The molecule has 0 atom stereocenters. The van der Waals surface area contributed by atoms with E-state index in [0.717, 1.165) is 6.42 Å². The van der Waals surface area contributed by atoms with Gasteiger partial charge in [-0.2, -0.15) is 0 Å². The lowest BCUT2D eigenvalue weighted by atomic mass is 9.82. The van der Waals surface area contributed by atoms with Gasteiger partial charge in [0, 0.05) is 11.6 Å². The van der Waals surface area contributed by atoms with E-state index >= 15 is 0 Å². The van der Waals surface area contributed by atoms with Gasteiger partial charge in [-0.05, 0) is 37.8 Å². The Hall–Kier alpha value is -1.91. The van der Waals surface area contributed by atoms with Crippen molar-refractivity contribution in [1.82, 2.24) is 5.32 Å². The standard InChI is InChI=1S/C17H25NO4/c1-16(2,3)10-17(4,5)18-15(19)9-20-12-6-7-13-14(8-12)22-11-21-13/h6-8H,9-11H2,1-5H3,(H,18,19). The number of amides is 1. The van der Waals surface area contributed by atoms with Gasteiger partial charge in [-0.3, -0.25) is 4.79 Å². The van der Waals surface area contributed by atoms with Crippen molar-refractivity contribution < 1.29 is 19.0 Å². The summed E-state index contributed by atoms with van der Waals surface area (Å²) >= 11 is 0. The predicted molar refractivity (Wildman–Crippen MR) is 84.4 cm³/mol. The Morgan fingerprint density at radius 3 is 2.55 bits per heavy atom. The van der Waals surface area contributed by atoms with E-state index in [1.165, 1.54) is 0 Å². The summed E-state index contributed by atoms with van der Waals surface area (Å²) in [5.74, 6) is 1.80. The Kier molecular flexibility index (Phi) is 4.54. The van der Waals surface area contributed by atoms with E-state index in [9.17, 15) is 4.79 Å². The zero-order valence-corrected chi connectivity index (χ0v) is 14.0. The molecular formula is C17H25NO4. The maximum atomic E-state index is 12.1. The van der Waals surface area contributed by atoms with Crippen LogP contribution >= 0.6 is 0 Å². The lowest BCUT2D eigenvalue weighted by Crippen LogP contribution is -2.47. The summed E-state index contributed by atoms with van der Waals surface area (Å²) < 4.78 is 16.0. The molecule has 2 rings (SSSR count). The first-order valence-corrected chi connectivity index (χ1v) is 7.48.